The molecule has 254 valence electrons. The van der Waals surface area contributed by atoms with Crippen LogP contribution in [0.1, 0.15) is 22.3 Å². The highest BCUT2D eigenvalue weighted by Gasteiger charge is 2.42. The lowest BCUT2D eigenvalue weighted by Crippen LogP contribution is -2.52. The average molecular weight is 657 g/mol. The van der Waals surface area contributed by atoms with Crippen molar-refractivity contribution in [3.63, 3.8) is 0 Å². The van der Waals surface area contributed by atoms with Gasteiger partial charge >= 0.3 is 0 Å². The second-order valence-electron chi connectivity index (χ2n) is 11.4. The van der Waals surface area contributed by atoms with E-state index in [4.69, 9.17) is 37.9 Å². The Morgan fingerprint density at radius 1 is 0.438 bits per heavy atom. The molecule has 9 heteroatoms. The molecule has 0 fully saturated rings. The largest absolute Gasteiger partial charge is 0.497 e. The van der Waals surface area contributed by atoms with Crippen molar-refractivity contribution in [2.24, 2.45) is 0 Å². The van der Waals surface area contributed by atoms with Gasteiger partial charge in [0.15, 0.2) is 0 Å². The van der Waals surface area contributed by atoms with Crippen LogP contribution in [0.25, 0.3) is 0 Å². The molecule has 0 heterocycles. The summed E-state index contributed by atoms with van der Waals surface area (Å²) in [5.74, 6) is 3.06. The monoisotopic (exact) mass is 656 g/mol. The molecule has 9 nitrogen and oxygen atoms in total. The van der Waals surface area contributed by atoms with Crippen molar-refractivity contribution >= 4 is 0 Å². The van der Waals surface area contributed by atoms with Crippen LogP contribution in [-0.2, 0) is 45.4 Å². The molecule has 0 radical (unpaired) electrons. The highest BCUT2D eigenvalue weighted by molar-refractivity contribution is 5.30. The zero-order valence-corrected chi connectivity index (χ0v) is 27.9. The van der Waals surface area contributed by atoms with Gasteiger partial charge in [-0.2, -0.15) is 0 Å². The van der Waals surface area contributed by atoms with Crippen molar-refractivity contribution in [2.75, 3.05) is 35.0 Å². The SMILES string of the molecule is COc1ccc(COCC2=C[C@H](O)[C@H](OCc3ccc(OC)cc3)[C@@H](OCc3ccc(OC)cc3)[C@H]2OCc2ccc(OC)cc2)cc1. The van der Waals surface area contributed by atoms with E-state index in [-0.39, 0.29) is 19.8 Å². The molecule has 0 unspecified atom stereocenters. The van der Waals surface area contributed by atoms with Gasteiger partial charge < -0.3 is 43.0 Å². The number of hydrogen-bond acceptors (Lipinski definition) is 9. The smallest absolute Gasteiger partial charge is 0.118 e. The fourth-order valence-corrected chi connectivity index (χ4v) is 5.44. The summed E-state index contributed by atoms with van der Waals surface area (Å²) < 4.78 is 47.1. The van der Waals surface area contributed by atoms with E-state index >= 15 is 0 Å². The quantitative estimate of drug-likeness (QED) is 0.132. The van der Waals surface area contributed by atoms with Gasteiger partial charge in [0.05, 0.1) is 61.5 Å². The Labute approximate surface area is 282 Å². The molecule has 5 rings (SSSR count). The third-order valence-electron chi connectivity index (χ3n) is 8.20. The van der Waals surface area contributed by atoms with E-state index in [1.165, 1.54) is 0 Å². The molecule has 1 aliphatic rings. The van der Waals surface area contributed by atoms with E-state index < -0.39 is 24.4 Å². The lowest BCUT2D eigenvalue weighted by molar-refractivity contribution is -0.173. The number of hydrogen-bond donors (Lipinski definition) is 1. The van der Waals surface area contributed by atoms with Crippen molar-refractivity contribution < 1.29 is 43.0 Å². The molecule has 0 saturated carbocycles. The van der Waals surface area contributed by atoms with Gasteiger partial charge in [-0.05, 0) is 82.4 Å². The Morgan fingerprint density at radius 3 is 1.19 bits per heavy atom. The Kier molecular flexibility index (Phi) is 12.9. The summed E-state index contributed by atoms with van der Waals surface area (Å²) in [6.07, 6.45) is -1.16. The van der Waals surface area contributed by atoms with E-state index in [0.717, 1.165) is 50.8 Å². The molecule has 4 aromatic rings. The standard InChI is InChI=1S/C39H44O9/c1-41-32-13-5-27(6-14-32)22-45-26-31-21-36(40)38(47-24-29-9-17-34(43-3)18-10-29)39(48-25-30-11-19-35(44-4)20-12-30)37(31)46-23-28-7-15-33(42-2)16-8-28/h5-21,36-40H,22-26H2,1-4H3/t36-,37-,38-,39-/m0/s1. The maximum absolute atomic E-state index is 11.5. The van der Waals surface area contributed by atoms with Gasteiger partial charge in [0, 0.05) is 0 Å². The third kappa shape index (κ3) is 9.59. The van der Waals surface area contributed by atoms with E-state index in [9.17, 15) is 5.11 Å². The Hall–Kier alpha value is -4.38. The fourth-order valence-electron chi connectivity index (χ4n) is 5.44. The average Bonchev–Trinajstić information content (AvgIpc) is 3.14. The van der Waals surface area contributed by atoms with Crippen LogP contribution in [-0.4, -0.2) is 64.6 Å². The third-order valence-corrected chi connectivity index (χ3v) is 8.20. The van der Waals surface area contributed by atoms with Crippen LogP contribution in [0.5, 0.6) is 23.0 Å². The van der Waals surface area contributed by atoms with Crippen LogP contribution in [0.3, 0.4) is 0 Å². The van der Waals surface area contributed by atoms with Crippen molar-refractivity contribution in [1.82, 2.24) is 0 Å². The van der Waals surface area contributed by atoms with Crippen molar-refractivity contribution in [1.29, 1.82) is 0 Å². The van der Waals surface area contributed by atoms with Crippen molar-refractivity contribution in [3.8, 4) is 23.0 Å². The first-order valence-corrected chi connectivity index (χ1v) is 15.8. The number of rotatable bonds is 17. The van der Waals surface area contributed by atoms with Crippen LogP contribution in [0, 0.1) is 0 Å². The number of methoxy groups -OCH3 is 4. The number of aliphatic hydroxyl groups excluding tert-OH is 1. The van der Waals surface area contributed by atoms with Crippen LogP contribution in [0.4, 0.5) is 0 Å². The van der Waals surface area contributed by atoms with Gasteiger partial charge in [0.25, 0.3) is 0 Å². The minimum atomic E-state index is -0.968. The minimum absolute atomic E-state index is 0.226. The highest BCUT2D eigenvalue weighted by Crippen LogP contribution is 2.31. The first kappa shape index (κ1) is 34.9. The summed E-state index contributed by atoms with van der Waals surface area (Å²) in [6, 6.07) is 30.8. The molecule has 0 spiro atoms. The summed E-state index contributed by atoms with van der Waals surface area (Å²) in [4.78, 5) is 0. The predicted octanol–water partition coefficient (Wildman–Crippen LogP) is 6.29. The zero-order chi connectivity index (χ0) is 33.7. The maximum Gasteiger partial charge on any atom is 0.118 e. The van der Waals surface area contributed by atoms with Crippen molar-refractivity contribution in [2.45, 2.75) is 50.8 Å². The van der Waals surface area contributed by atoms with Gasteiger partial charge in [0.1, 0.15) is 47.4 Å². The summed E-state index contributed by atoms with van der Waals surface area (Å²) in [5, 5.41) is 11.5. The summed E-state index contributed by atoms with van der Waals surface area (Å²) >= 11 is 0. The molecule has 4 atom stereocenters. The first-order chi connectivity index (χ1) is 23.5. The normalized spacial score (nSPS) is 19.0. The van der Waals surface area contributed by atoms with Crippen molar-refractivity contribution in [3.05, 3.63) is 131 Å². The fraction of sp³-hybridized carbons (Fsp3) is 0.333. The number of benzene rings is 4. The Morgan fingerprint density at radius 2 is 0.792 bits per heavy atom. The molecule has 4 aromatic carbocycles. The maximum atomic E-state index is 11.5. The van der Waals surface area contributed by atoms with E-state index in [0.29, 0.717) is 13.2 Å². The molecule has 0 aliphatic heterocycles. The van der Waals surface area contributed by atoms with Gasteiger partial charge in [-0.15, -0.1) is 0 Å². The number of ether oxygens (including phenoxy) is 8. The number of aliphatic hydroxyl groups is 1. The molecule has 0 amide bonds. The van der Waals surface area contributed by atoms with Crippen LogP contribution in [0.15, 0.2) is 109 Å². The molecule has 1 aliphatic carbocycles. The molecule has 48 heavy (non-hydrogen) atoms. The van der Waals surface area contributed by atoms with E-state index in [1.807, 2.05) is 97.1 Å². The minimum Gasteiger partial charge on any atom is -0.497 e. The zero-order valence-electron chi connectivity index (χ0n) is 27.9. The second-order valence-corrected chi connectivity index (χ2v) is 11.4. The molecule has 0 saturated heterocycles. The first-order valence-electron chi connectivity index (χ1n) is 15.8. The summed E-state index contributed by atoms with van der Waals surface area (Å²) in [7, 11) is 6.54. The molecule has 1 N–H and O–H groups in total. The lowest BCUT2D eigenvalue weighted by Gasteiger charge is -2.40. The molecule has 0 bridgehead atoms. The lowest BCUT2D eigenvalue weighted by atomic mass is 9.89. The van der Waals surface area contributed by atoms with Gasteiger partial charge in [0.2, 0.25) is 0 Å². The van der Waals surface area contributed by atoms with Gasteiger partial charge in [-0.1, -0.05) is 48.5 Å². The van der Waals surface area contributed by atoms with Gasteiger partial charge in [-0.3, -0.25) is 0 Å². The van der Waals surface area contributed by atoms with Crippen LogP contribution < -0.4 is 18.9 Å². The second kappa shape index (κ2) is 17.7. The molecular weight excluding hydrogens is 612 g/mol. The predicted molar refractivity (Wildman–Crippen MR) is 181 cm³/mol. The van der Waals surface area contributed by atoms with Gasteiger partial charge in [-0.25, -0.2) is 0 Å². The van der Waals surface area contributed by atoms with E-state index in [2.05, 4.69) is 0 Å². The summed E-state index contributed by atoms with van der Waals surface area (Å²) in [6.45, 7) is 1.43. The highest BCUT2D eigenvalue weighted by atomic mass is 16.6. The van der Waals surface area contributed by atoms with Crippen LogP contribution >= 0.6 is 0 Å². The topological polar surface area (TPSA) is 94.1 Å². The van der Waals surface area contributed by atoms with Crippen LogP contribution in [0.2, 0.25) is 0 Å². The Bertz CT molecular complexity index is 1550. The summed E-state index contributed by atoms with van der Waals surface area (Å²) in [5.41, 5.74) is 4.61. The Balaban J connectivity index is 1.39. The van der Waals surface area contributed by atoms with E-state index in [1.54, 1.807) is 34.5 Å². The molecule has 0 aromatic heterocycles. The molecular formula is C39H44O9.